The fourth-order valence-electron chi connectivity index (χ4n) is 3.54. The first-order chi connectivity index (χ1) is 20.6. The second-order valence-electron chi connectivity index (χ2n) is 9.19. The van der Waals surface area contributed by atoms with Crippen molar-refractivity contribution in [3.05, 3.63) is 59.7 Å². The number of sulfonamides is 1. The van der Waals surface area contributed by atoms with E-state index in [1.54, 1.807) is 36.4 Å². The van der Waals surface area contributed by atoms with E-state index in [-0.39, 0.29) is 49.9 Å². The van der Waals surface area contributed by atoms with Gasteiger partial charge in [-0.25, -0.2) is 28.4 Å². The van der Waals surface area contributed by atoms with Crippen LogP contribution in [0.4, 0.5) is 5.82 Å². The van der Waals surface area contributed by atoms with Crippen LogP contribution < -0.4 is 19.5 Å². The number of rotatable bonds is 14. The van der Waals surface area contributed by atoms with Crippen LogP contribution in [0, 0.1) is 0 Å². The van der Waals surface area contributed by atoms with Crippen molar-refractivity contribution in [3.8, 4) is 28.9 Å². The van der Waals surface area contributed by atoms with E-state index in [1.807, 2.05) is 13.8 Å². The van der Waals surface area contributed by atoms with Gasteiger partial charge in [-0.2, -0.15) is 0 Å². The molecule has 3 aromatic heterocycles. The number of benzene rings is 1. The number of aliphatic hydroxyl groups excluding tert-OH is 2. The van der Waals surface area contributed by atoms with E-state index in [0.29, 0.717) is 5.75 Å². The average Bonchev–Trinajstić information content (AvgIpc) is 3.53. The monoisotopic (exact) mass is 646 g/mol. The Morgan fingerprint density at radius 1 is 1.00 bits per heavy atom. The first-order valence-corrected chi connectivity index (χ1v) is 16.2. The molecular weight excluding hydrogens is 617 g/mol. The van der Waals surface area contributed by atoms with Crippen LogP contribution in [0.15, 0.2) is 64.1 Å². The maximum absolute atomic E-state index is 13.6. The van der Waals surface area contributed by atoms with Gasteiger partial charge in [-0.3, -0.25) is 9.52 Å². The third-order valence-corrected chi connectivity index (χ3v) is 9.87. The molecule has 1 amide bonds. The van der Waals surface area contributed by atoms with Crippen molar-refractivity contribution in [2.24, 2.45) is 0 Å². The normalized spacial score (nSPS) is 11.5. The number of thiophene rings is 1. The predicted octanol–water partition coefficient (Wildman–Crippen LogP) is 3.28. The summed E-state index contributed by atoms with van der Waals surface area (Å²) in [6.07, 6.45) is 2.97. The second-order valence-corrected chi connectivity index (χ2v) is 13.2. The van der Waals surface area contributed by atoms with Gasteiger partial charge in [0.05, 0.1) is 32.1 Å². The van der Waals surface area contributed by atoms with Gasteiger partial charge in [0.2, 0.25) is 17.5 Å². The van der Waals surface area contributed by atoms with Gasteiger partial charge in [-0.1, -0.05) is 37.7 Å². The third kappa shape index (κ3) is 8.17. The Kier molecular flexibility index (Phi) is 10.9. The lowest BCUT2D eigenvalue weighted by atomic mass is 10.2. The number of aromatic nitrogens is 4. The summed E-state index contributed by atoms with van der Waals surface area (Å²) in [5.74, 6) is -0.231. The molecule has 0 spiro atoms. The molecule has 3 heterocycles. The summed E-state index contributed by atoms with van der Waals surface area (Å²) in [4.78, 5) is 30.9. The first kappa shape index (κ1) is 32.1. The molecule has 228 valence electrons. The number of aliphatic hydroxyl groups is 2. The first-order valence-electron chi connectivity index (χ1n) is 12.9. The van der Waals surface area contributed by atoms with E-state index in [9.17, 15) is 23.4 Å². The highest BCUT2D eigenvalue weighted by Gasteiger charge is 2.27. The van der Waals surface area contributed by atoms with Gasteiger partial charge in [-0.15, -0.1) is 11.3 Å². The number of para-hydroxylation sites is 2. The summed E-state index contributed by atoms with van der Waals surface area (Å²) in [6, 6.07) is 10.8. The molecule has 0 saturated carbocycles. The molecule has 0 aliphatic carbocycles. The molecule has 43 heavy (non-hydrogen) atoms. The van der Waals surface area contributed by atoms with Crippen molar-refractivity contribution in [2.45, 2.75) is 35.0 Å². The van der Waals surface area contributed by atoms with E-state index >= 15 is 0 Å². The van der Waals surface area contributed by atoms with E-state index in [2.05, 4.69) is 30.0 Å². The fourth-order valence-corrected chi connectivity index (χ4v) is 6.64. The van der Waals surface area contributed by atoms with Crippen molar-refractivity contribution in [1.29, 1.82) is 0 Å². The minimum Gasteiger partial charge on any atom is -0.493 e. The topological polar surface area (TPSA) is 186 Å². The van der Waals surface area contributed by atoms with Crippen LogP contribution in [0.1, 0.15) is 24.6 Å². The number of methoxy groups -OCH3 is 1. The zero-order valence-electron chi connectivity index (χ0n) is 23.4. The van der Waals surface area contributed by atoms with Crippen LogP contribution in [-0.2, 0) is 14.8 Å². The molecule has 4 N–H and O–H groups in total. The van der Waals surface area contributed by atoms with Gasteiger partial charge in [0.15, 0.2) is 23.1 Å². The minimum absolute atomic E-state index is 0.0220. The highest BCUT2D eigenvalue weighted by Crippen LogP contribution is 2.42. The number of amides is 1. The summed E-state index contributed by atoms with van der Waals surface area (Å²) in [6.45, 7) is 3.03. The Morgan fingerprint density at radius 2 is 1.70 bits per heavy atom. The van der Waals surface area contributed by atoms with Crippen LogP contribution >= 0.6 is 23.1 Å². The largest absolute Gasteiger partial charge is 0.493 e. The minimum atomic E-state index is -4.14. The molecule has 0 unspecified atom stereocenters. The second kappa shape index (κ2) is 14.6. The average molecular weight is 647 g/mol. The SMILES string of the molecule is COc1ccccc1Oc1c(NS(=O)(=O)c2ccc(C(C)C)s2)nc(-c2ncccn2)nc1SCC(=O)NC(CO)CO. The lowest BCUT2D eigenvalue weighted by Crippen LogP contribution is -2.41. The molecule has 4 rings (SSSR count). The van der Waals surface area contributed by atoms with E-state index in [0.717, 1.165) is 28.0 Å². The fraction of sp³-hybridized carbons (Fsp3) is 0.296. The van der Waals surface area contributed by atoms with Gasteiger partial charge in [-0.05, 0) is 36.2 Å². The zero-order valence-corrected chi connectivity index (χ0v) is 25.9. The van der Waals surface area contributed by atoms with E-state index in [1.165, 1.54) is 25.6 Å². The smallest absolute Gasteiger partial charge is 0.272 e. The molecule has 0 saturated heterocycles. The molecule has 0 radical (unpaired) electrons. The summed E-state index contributed by atoms with van der Waals surface area (Å²) < 4.78 is 41.4. The van der Waals surface area contributed by atoms with Crippen LogP contribution in [-0.4, -0.2) is 76.6 Å². The van der Waals surface area contributed by atoms with Gasteiger partial charge < -0.3 is 25.0 Å². The number of thioether (sulfide) groups is 1. The Balaban J connectivity index is 1.83. The highest BCUT2D eigenvalue weighted by atomic mass is 32.2. The maximum Gasteiger partial charge on any atom is 0.272 e. The van der Waals surface area contributed by atoms with Crippen LogP contribution in [0.25, 0.3) is 11.6 Å². The maximum atomic E-state index is 13.6. The zero-order chi connectivity index (χ0) is 31.0. The number of carbonyl (C=O) groups is 1. The summed E-state index contributed by atoms with van der Waals surface area (Å²) in [7, 11) is -2.69. The Morgan fingerprint density at radius 3 is 2.33 bits per heavy atom. The molecule has 0 atom stereocenters. The molecular formula is C27H30N6O7S3. The number of nitrogens with zero attached hydrogens (tertiary/aromatic N) is 4. The Hall–Kier alpha value is -3.83. The van der Waals surface area contributed by atoms with Crippen LogP contribution in [0.3, 0.4) is 0 Å². The van der Waals surface area contributed by atoms with Crippen molar-refractivity contribution in [2.75, 3.05) is 30.8 Å². The van der Waals surface area contributed by atoms with Crippen molar-refractivity contribution in [3.63, 3.8) is 0 Å². The molecule has 13 nitrogen and oxygen atoms in total. The number of hydrogen-bond donors (Lipinski definition) is 4. The molecule has 0 bridgehead atoms. The third-order valence-electron chi connectivity index (χ3n) is 5.69. The van der Waals surface area contributed by atoms with Gasteiger partial charge in [0, 0.05) is 17.3 Å². The number of nitrogens with one attached hydrogen (secondary N) is 2. The van der Waals surface area contributed by atoms with Crippen molar-refractivity contribution >= 4 is 44.8 Å². The molecule has 4 aromatic rings. The summed E-state index contributed by atoms with van der Waals surface area (Å²) in [5, 5.41) is 21.3. The predicted molar refractivity (Wildman–Crippen MR) is 162 cm³/mol. The summed E-state index contributed by atoms with van der Waals surface area (Å²) in [5.41, 5.74) is 0. The number of ether oxygens (including phenoxy) is 2. The highest BCUT2D eigenvalue weighted by molar-refractivity contribution is 8.00. The van der Waals surface area contributed by atoms with Crippen molar-refractivity contribution < 1.29 is 32.9 Å². The van der Waals surface area contributed by atoms with Gasteiger partial charge in [0.1, 0.15) is 9.24 Å². The molecule has 0 aliphatic heterocycles. The number of hydrogen-bond acceptors (Lipinski definition) is 13. The molecule has 0 aliphatic rings. The van der Waals surface area contributed by atoms with E-state index < -0.39 is 35.2 Å². The number of carbonyl (C=O) groups excluding carboxylic acids is 1. The van der Waals surface area contributed by atoms with Crippen molar-refractivity contribution in [1.82, 2.24) is 25.3 Å². The van der Waals surface area contributed by atoms with E-state index in [4.69, 9.17) is 9.47 Å². The number of anilines is 1. The van der Waals surface area contributed by atoms with Gasteiger partial charge in [0.25, 0.3) is 10.0 Å². The van der Waals surface area contributed by atoms with Crippen LogP contribution in [0.5, 0.6) is 17.2 Å². The Labute approximate surface area is 256 Å². The lowest BCUT2D eigenvalue weighted by molar-refractivity contribution is -0.119. The van der Waals surface area contributed by atoms with Gasteiger partial charge >= 0.3 is 0 Å². The molecule has 16 heteroatoms. The standard InChI is InChI=1S/C27H30N6O7S3/c1-16(2)20-9-10-22(42-20)43(37,38)33-24-23(40-19-8-5-4-7-18(19)39-3)27(41-15-21(36)30-17(13-34)14-35)32-26(31-24)25-28-11-6-12-29-25/h4-12,16-17,34-35H,13-15H2,1-3H3,(H,30,36)(H,31,32,33). The molecule has 0 fully saturated rings. The lowest BCUT2D eigenvalue weighted by Gasteiger charge is -2.18. The quantitative estimate of drug-likeness (QED) is 0.116. The van der Waals surface area contributed by atoms with Crippen LogP contribution in [0.2, 0.25) is 0 Å². The summed E-state index contributed by atoms with van der Waals surface area (Å²) >= 11 is 2.06. The molecule has 1 aromatic carbocycles. The Bertz CT molecular complexity index is 1650.